The highest BCUT2D eigenvalue weighted by Crippen LogP contribution is 2.27. The van der Waals surface area contributed by atoms with Crippen LogP contribution in [0.1, 0.15) is 20.7 Å². The number of methoxy groups -OCH3 is 2. The lowest BCUT2D eigenvalue weighted by atomic mass is 10.1. The molecule has 0 aliphatic carbocycles. The van der Waals surface area contributed by atoms with Crippen LogP contribution in [0.4, 0.5) is 0 Å². The Balaban J connectivity index is 2.03. The third kappa shape index (κ3) is 4.32. The van der Waals surface area contributed by atoms with E-state index in [-0.39, 0.29) is 18.0 Å². The molecule has 2 rings (SSSR count). The van der Waals surface area contributed by atoms with E-state index in [4.69, 9.17) is 14.2 Å². The standard InChI is InChI=1S/C17H15BrO5/c1-21-15-7-6-12(9-16(15)22-2)17(20)23-10-14(19)11-4-3-5-13(18)8-11/h3-9H,10H2,1-2H3. The third-order valence-electron chi connectivity index (χ3n) is 3.10. The molecule has 0 aliphatic heterocycles. The molecule has 0 bridgehead atoms. The number of carbonyl (C=O) groups excluding carboxylic acids is 2. The van der Waals surface area contributed by atoms with Crippen LogP contribution in [0.25, 0.3) is 0 Å². The molecule has 2 aromatic rings. The first kappa shape index (κ1) is 17.0. The molecule has 0 spiro atoms. The minimum Gasteiger partial charge on any atom is -0.493 e. The van der Waals surface area contributed by atoms with E-state index < -0.39 is 5.97 Å². The number of carbonyl (C=O) groups is 2. The van der Waals surface area contributed by atoms with Crippen LogP contribution in [0.15, 0.2) is 46.9 Å². The molecule has 0 heterocycles. The smallest absolute Gasteiger partial charge is 0.338 e. The molecule has 120 valence electrons. The van der Waals surface area contributed by atoms with Crippen molar-refractivity contribution in [3.05, 3.63) is 58.1 Å². The molecular formula is C17H15BrO5. The van der Waals surface area contributed by atoms with E-state index in [0.717, 1.165) is 4.47 Å². The number of benzene rings is 2. The van der Waals surface area contributed by atoms with E-state index in [2.05, 4.69) is 15.9 Å². The molecule has 0 unspecified atom stereocenters. The fraction of sp³-hybridized carbons (Fsp3) is 0.176. The molecule has 2 aromatic carbocycles. The monoisotopic (exact) mass is 378 g/mol. The zero-order valence-electron chi connectivity index (χ0n) is 12.7. The highest BCUT2D eigenvalue weighted by molar-refractivity contribution is 9.10. The van der Waals surface area contributed by atoms with Crippen LogP contribution in [0, 0.1) is 0 Å². The molecule has 6 heteroatoms. The van der Waals surface area contributed by atoms with E-state index in [0.29, 0.717) is 17.1 Å². The summed E-state index contributed by atoms with van der Waals surface area (Å²) in [6.45, 7) is -0.330. The molecule has 0 atom stereocenters. The lowest BCUT2D eigenvalue weighted by molar-refractivity contribution is 0.0474. The van der Waals surface area contributed by atoms with Crippen LogP contribution in [0.5, 0.6) is 11.5 Å². The lowest BCUT2D eigenvalue weighted by Gasteiger charge is -2.09. The largest absolute Gasteiger partial charge is 0.493 e. The minimum absolute atomic E-state index is 0.278. The first-order valence-electron chi connectivity index (χ1n) is 6.73. The number of hydrogen-bond acceptors (Lipinski definition) is 5. The van der Waals surface area contributed by atoms with Gasteiger partial charge in [0, 0.05) is 10.0 Å². The van der Waals surface area contributed by atoms with E-state index in [1.165, 1.54) is 20.3 Å². The van der Waals surface area contributed by atoms with Crippen molar-refractivity contribution in [2.75, 3.05) is 20.8 Å². The molecule has 0 fully saturated rings. The van der Waals surface area contributed by atoms with Crippen LogP contribution < -0.4 is 9.47 Å². The summed E-state index contributed by atoms with van der Waals surface area (Å²) in [7, 11) is 2.98. The van der Waals surface area contributed by atoms with Crippen molar-refractivity contribution in [1.29, 1.82) is 0 Å². The van der Waals surface area contributed by atoms with Gasteiger partial charge in [-0.05, 0) is 30.3 Å². The van der Waals surface area contributed by atoms with Gasteiger partial charge in [-0.1, -0.05) is 28.1 Å². The summed E-state index contributed by atoms with van der Waals surface area (Å²) < 4.78 is 16.1. The Labute approximate surface area is 142 Å². The lowest BCUT2D eigenvalue weighted by Crippen LogP contribution is -2.14. The van der Waals surface area contributed by atoms with Crippen LogP contribution in [0.2, 0.25) is 0 Å². The molecule has 0 saturated heterocycles. The van der Waals surface area contributed by atoms with Crippen molar-refractivity contribution in [1.82, 2.24) is 0 Å². The van der Waals surface area contributed by atoms with Crippen molar-refractivity contribution in [3.8, 4) is 11.5 Å². The Hall–Kier alpha value is -2.34. The molecule has 0 aliphatic rings. The van der Waals surface area contributed by atoms with Crippen LogP contribution >= 0.6 is 15.9 Å². The Kier molecular flexibility index (Phi) is 5.76. The molecule has 0 amide bonds. The molecule has 23 heavy (non-hydrogen) atoms. The predicted molar refractivity (Wildman–Crippen MR) is 88.3 cm³/mol. The molecular weight excluding hydrogens is 364 g/mol. The summed E-state index contributed by atoms with van der Waals surface area (Å²) in [5, 5.41) is 0. The van der Waals surface area contributed by atoms with Crippen molar-refractivity contribution in [2.45, 2.75) is 0 Å². The van der Waals surface area contributed by atoms with Crippen molar-refractivity contribution in [3.63, 3.8) is 0 Å². The average Bonchev–Trinajstić information content (AvgIpc) is 2.58. The van der Waals surface area contributed by atoms with E-state index >= 15 is 0 Å². The summed E-state index contributed by atoms with van der Waals surface area (Å²) in [5.41, 5.74) is 0.754. The quantitative estimate of drug-likeness (QED) is 0.568. The topological polar surface area (TPSA) is 61.8 Å². The summed E-state index contributed by atoms with van der Waals surface area (Å²) in [6.07, 6.45) is 0. The van der Waals surface area contributed by atoms with E-state index in [1.807, 2.05) is 6.07 Å². The van der Waals surface area contributed by atoms with Gasteiger partial charge in [0.25, 0.3) is 0 Å². The summed E-state index contributed by atoms with van der Waals surface area (Å²) in [5.74, 6) is 0.0453. The van der Waals surface area contributed by atoms with Crippen molar-refractivity contribution in [2.24, 2.45) is 0 Å². The van der Waals surface area contributed by atoms with E-state index in [1.54, 1.807) is 30.3 Å². The number of rotatable bonds is 6. The normalized spacial score (nSPS) is 10.0. The summed E-state index contributed by atoms with van der Waals surface area (Å²) in [6, 6.07) is 11.5. The molecule has 0 radical (unpaired) electrons. The Bertz CT molecular complexity index is 727. The highest BCUT2D eigenvalue weighted by Gasteiger charge is 2.14. The number of halogens is 1. The van der Waals surface area contributed by atoms with Gasteiger partial charge in [0.2, 0.25) is 0 Å². The van der Waals surface area contributed by atoms with Gasteiger partial charge < -0.3 is 14.2 Å². The Morgan fingerprint density at radius 2 is 1.70 bits per heavy atom. The number of ether oxygens (including phenoxy) is 3. The van der Waals surface area contributed by atoms with Gasteiger partial charge in [-0.3, -0.25) is 4.79 Å². The maximum Gasteiger partial charge on any atom is 0.338 e. The SMILES string of the molecule is COc1ccc(C(=O)OCC(=O)c2cccc(Br)c2)cc1OC. The maximum absolute atomic E-state index is 12.0. The first-order valence-corrected chi connectivity index (χ1v) is 7.52. The summed E-state index contributed by atoms with van der Waals surface area (Å²) in [4.78, 5) is 24.0. The molecule has 0 N–H and O–H groups in total. The predicted octanol–water partition coefficient (Wildman–Crippen LogP) is 3.51. The van der Waals surface area contributed by atoms with Gasteiger partial charge >= 0.3 is 5.97 Å². The molecule has 0 aromatic heterocycles. The van der Waals surface area contributed by atoms with Gasteiger partial charge in [-0.25, -0.2) is 4.79 Å². The fourth-order valence-electron chi connectivity index (χ4n) is 1.92. The zero-order chi connectivity index (χ0) is 16.8. The van der Waals surface area contributed by atoms with Gasteiger partial charge in [0.05, 0.1) is 19.8 Å². The maximum atomic E-state index is 12.0. The second kappa shape index (κ2) is 7.78. The second-order valence-electron chi connectivity index (χ2n) is 4.58. The zero-order valence-corrected chi connectivity index (χ0v) is 14.3. The molecule has 0 saturated carbocycles. The summed E-state index contributed by atoms with van der Waals surface area (Å²) >= 11 is 3.29. The Morgan fingerprint density at radius 1 is 0.957 bits per heavy atom. The van der Waals surface area contributed by atoms with Crippen LogP contribution in [-0.4, -0.2) is 32.6 Å². The number of hydrogen-bond donors (Lipinski definition) is 0. The second-order valence-corrected chi connectivity index (χ2v) is 5.50. The Morgan fingerprint density at radius 3 is 2.35 bits per heavy atom. The average molecular weight is 379 g/mol. The number of Topliss-reactive ketones (excluding diaryl/α,β-unsaturated/α-hetero) is 1. The number of esters is 1. The van der Waals surface area contributed by atoms with Crippen molar-refractivity contribution < 1.29 is 23.8 Å². The third-order valence-corrected chi connectivity index (χ3v) is 3.59. The van der Waals surface area contributed by atoms with Gasteiger partial charge in [0.15, 0.2) is 23.9 Å². The van der Waals surface area contributed by atoms with E-state index in [9.17, 15) is 9.59 Å². The fourth-order valence-corrected chi connectivity index (χ4v) is 2.32. The molecule has 5 nitrogen and oxygen atoms in total. The van der Waals surface area contributed by atoms with Crippen LogP contribution in [0.3, 0.4) is 0 Å². The van der Waals surface area contributed by atoms with Crippen molar-refractivity contribution >= 4 is 27.7 Å². The minimum atomic E-state index is -0.603. The van der Waals surface area contributed by atoms with Gasteiger partial charge in [0.1, 0.15) is 0 Å². The van der Waals surface area contributed by atoms with Crippen LogP contribution in [-0.2, 0) is 4.74 Å². The highest BCUT2D eigenvalue weighted by atomic mass is 79.9. The first-order chi connectivity index (χ1) is 11.0. The van der Waals surface area contributed by atoms with Gasteiger partial charge in [-0.15, -0.1) is 0 Å². The number of ketones is 1. The van der Waals surface area contributed by atoms with Gasteiger partial charge in [-0.2, -0.15) is 0 Å².